The molecule has 1 aliphatic heterocycles. The first kappa shape index (κ1) is 17.8. The fourth-order valence-electron chi connectivity index (χ4n) is 2.91. The summed E-state index contributed by atoms with van der Waals surface area (Å²) in [4.78, 5) is 4.51. The molecule has 1 N–H and O–H groups in total. The number of rotatable bonds is 3. The van der Waals surface area contributed by atoms with Crippen molar-refractivity contribution in [2.24, 2.45) is 4.99 Å². The molecule has 0 spiro atoms. The van der Waals surface area contributed by atoms with E-state index in [-0.39, 0.29) is 16.9 Å². The zero-order valence-electron chi connectivity index (χ0n) is 15.7. The Kier molecular flexibility index (Phi) is 4.79. The Morgan fingerprint density at radius 3 is 1.96 bits per heavy atom. The van der Waals surface area contributed by atoms with Crippen molar-refractivity contribution in [1.29, 1.82) is 0 Å². The van der Waals surface area contributed by atoms with Gasteiger partial charge in [0.25, 0.3) is 0 Å². The Labute approximate surface area is 140 Å². The van der Waals surface area contributed by atoms with E-state index in [2.05, 4.69) is 65.6 Å². The third-order valence-electron chi connectivity index (χ3n) is 4.27. The quantitative estimate of drug-likeness (QED) is 0.875. The molecule has 1 aromatic carbocycles. The van der Waals surface area contributed by atoms with Gasteiger partial charge < -0.3 is 9.84 Å². The van der Waals surface area contributed by atoms with Gasteiger partial charge in [0.05, 0.1) is 6.04 Å². The minimum Gasteiger partial charge on any atom is -0.507 e. The zero-order valence-corrected chi connectivity index (χ0v) is 15.7. The number of phenolic OH excluding ortho intramolecular Hbond substituents is 1. The molecule has 1 unspecified atom stereocenters. The summed E-state index contributed by atoms with van der Waals surface area (Å²) in [7, 11) is 0. The monoisotopic (exact) mass is 317 g/mol. The second-order valence-electron chi connectivity index (χ2n) is 8.72. The summed E-state index contributed by atoms with van der Waals surface area (Å²) in [6, 6.07) is 4.56. The van der Waals surface area contributed by atoms with E-state index in [1.54, 1.807) is 0 Å². The van der Waals surface area contributed by atoms with Crippen LogP contribution in [0.25, 0.3) is 0 Å². The molecule has 3 heteroatoms. The first-order valence-corrected chi connectivity index (χ1v) is 8.55. The minimum absolute atomic E-state index is 0.0873. The van der Waals surface area contributed by atoms with Crippen LogP contribution >= 0.6 is 0 Å². The molecule has 0 aliphatic carbocycles. The lowest BCUT2D eigenvalue weighted by Gasteiger charge is -2.28. The lowest BCUT2D eigenvalue weighted by molar-refractivity contribution is 0.315. The number of aromatic hydroxyl groups is 1. The molecule has 0 aromatic heterocycles. The standard InChI is InChI=1S/C20H31NO2/c1-13-12-23-17(21-13)9-8-14-10-15(19(2,3)4)18(22)16(11-14)20(5,6)7/h10-11,13,22H,8-9,12H2,1-7H3. The molecule has 1 atom stereocenters. The van der Waals surface area contributed by atoms with Crippen LogP contribution in [0.3, 0.4) is 0 Å². The van der Waals surface area contributed by atoms with Crippen LogP contribution in [-0.4, -0.2) is 23.7 Å². The summed E-state index contributed by atoms with van der Waals surface area (Å²) in [5.74, 6) is 1.30. The average molecular weight is 317 g/mol. The third kappa shape index (κ3) is 4.27. The van der Waals surface area contributed by atoms with E-state index in [4.69, 9.17) is 4.74 Å². The number of aliphatic imine (C=N–C) groups is 1. The maximum atomic E-state index is 10.8. The summed E-state index contributed by atoms with van der Waals surface area (Å²) < 4.78 is 5.61. The summed E-state index contributed by atoms with van der Waals surface area (Å²) in [5, 5.41) is 10.8. The molecule has 128 valence electrons. The molecular weight excluding hydrogens is 286 g/mol. The molecule has 1 aliphatic rings. The predicted octanol–water partition coefficient (Wildman–Crippen LogP) is 4.74. The molecule has 0 fully saturated rings. The summed E-state index contributed by atoms with van der Waals surface area (Å²) in [5.41, 5.74) is 3.10. The Hall–Kier alpha value is -1.51. The highest BCUT2D eigenvalue weighted by Gasteiger charge is 2.26. The van der Waals surface area contributed by atoms with Crippen LogP contribution in [0.1, 0.15) is 71.6 Å². The van der Waals surface area contributed by atoms with Crippen LogP contribution in [0, 0.1) is 0 Å². The van der Waals surface area contributed by atoms with Crippen LogP contribution in [0.5, 0.6) is 5.75 Å². The first-order valence-electron chi connectivity index (χ1n) is 8.55. The van der Waals surface area contributed by atoms with Crippen LogP contribution in [0.4, 0.5) is 0 Å². The molecule has 0 radical (unpaired) electrons. The molecule has 0 saturated carbocycles. The van der Waals surface area contributed by atoms with E-state index in [0.29, 0.717) is 12.4 Å². The Bertz CT molecular complexity index is 568. The number of benzene rings is 1. The van der Waals surface area contributed by atoms with Gasteiger partial charge in [0, 0.05) is 6.42 Å². The Balaban J connectivity index is 2.34. The van der Waals surface area contributed by atoms with Gasteiger partial charge in [-0.25, -0.2) is 4.99 Å². The van der Waals surface area contributed by atoms with Crippen LogP contribution in [0.2, 0.25) is 0 Å². The highest BCUT2D eigenvalue weighted by molar-refractivity contribution is 5.77. The molecule has 1 heterocycles. The molecule has 0 saturated heterocycles. The van der Waals surface area contributed by atoms with Gasteiger partial charge in [0.1, 0.15) is 12.4 Å². The van der Waals surface area contributed by atoms with Crippen molar-refractivity contribution in [3.8, 4) is 5.75 Å². The van der Waals surface area contributed by atoms with Crippen molar-refractivity contribution >= 4 is 5.90 Å². The molecule has 1 aromatic rings. The summed E-state index contributed by atoms with van der Waals surface area (Å²) >= 11 is 0. The Morgan fingerprint density at radius 2 is 1.57 bits per heavy atom. The number of phenols is 1. The van der Waals surface area contributed by atoms with Gasteiger partial charge in [-0.2, -0.15) is 0 Å². The summed E-state index contributed by atoms with van der Waals surface area (Å²) in [6.07, 6.45) is 1.71. The van der Waals surface area contributed by atoms with E-state index < -0.39 is 0 Å². The maximum Gasteiger partial charge on any atom is 0.183 e. The molecule has 0 bridgehead atoms. The lowest BCUT2D eigenvalue weighted by Crippen LogP contribution is -2.18. The van der Waals surface area contributed by atoms with Crippen molar-refractivity contribution in [2.45, 2.75) is 78.2 Å². The van der Waals surface area contributed by atoms with E-state index in [9.17, 15) is 5.11 Å². The molecule has 2 rings (SSSR count). The Morgan fingerprint density at radius 1 is 1.04 bits per heavy atom. The van der Waals surface area contributed by atoms with Crippen molar-refractivity contribution < 1.29 is 9.84 Å². The normalized spacial score (nSPS) is 18.7. The fourth-order valence-corrected chi connectivity index (χ4v) is 2.91. The smallest absolute Gasteiger partial charge is 0.183 e. The summed E-state index contributed by atoms with van der Waals surface area (Å²) in [6.45, 7) is 15.6. The number of aryl methyl sites for hydroxylation is 1. The number of hydrogen-bond acceptors (Lipinski definition) is 3. The highest BCUT2D eigenvalue weighted by Crippen LogP contribution is 2.40. The van der Waals surface area contributed by atoms with Gasteiger partial charge in [-0.3, -0.25) is 0 Å². The second kappa shape index (κ2) is 6.18. The largest absolute Gasteiger partial charge is 0.507 e. The predicted molar refractivity (Wildman–Crippen MR) is 96.7 cm³/mol. The van der Waals surface area contributed by atoms with Gasteiger partial charge in [0.2, 0.25) is 0 Å². The van der Waals surface area contributed by atoms with Crippen LogP contribution in [-0.2, 0) is 22.0 Å². The van der Waals surface area contributed by atoms with Crippen molar-refractivity contribution in [1.82, 2.24) is 0 Å². The minimum atomic E-state index is -0.0873. The number of nitrogens with zero attached hydrogens (tertiary/aromatic N) is 1. The van der Waals surface area contributed by atoms with E-state index >= 15 is 0 Å². The molecule has 3 nitrogen and oxygen atoms in total. The van der Waals surface area contributed by atoms with Crippen molar-refractivity contribution in [2.75, 3.05) is 6.61 Å². The SMILES string of the molecule is CC1COC(CCc2cc(C(C)(C)C)c(O)c(C(C)(C)C)c2)=N1. The van der Waals surface area contributed by atoms with E-state index in [1.807, 2.05) is 0 Å². The van der Waals surface area contributed by atoms with Gasteiger partial charge in [0.15, 0.2) is 5.90 Å². The van der Waals surface area contributed by atoms with E-state index in [1.165, 1.54) is 5.56 Å². The fraction of sp³-hybridized carbons (Fsp3) is 0.650. The van der Waals surface area contributed by atoms with Crippen LogP contribution < -0.4 is 0 Å². The third-order valence-corrected chi connectivity index (χ3v) is 4.27. The topological polar surface area (TPSA) is 41.8 Å². The van der Waals surface area contributed by atoms with Crippen molar-refractivity contribution in [3.05, 3.63) is 28.8 Å². The van der Waals surface area contributed by atoms with Gasteiger partial charge in [-0.15, -0.1) is 0 Å². The number of ether oxygens (including phenoxy) is 1. The van der Waals surface area contributed by atoms with Crippen molar-refractivity contribution in [3.63, 3.8) is 0 Å². The highest BCUT2D eigenvalue weighted by atomic mass is 16.5. The van der Waals surface area contributed by atoms with Crippen LogP contribution in [0.15, 0.2) is 17.1 Å². The molecule has 0 amide bonds. The number of hydrogen-bond donors (Lipinski definition) is 1. The van der Waals surface area contributed by atoms with Gasteiger partial charge >= 0.3 is 0 Å². The van der Waals surface area contributed by atoms with Gasteiger partial charge in [-0.1, -0.05) is 53.7 Å². The maximum absolute atomic E-state index is 10.8. The first-order chi connectivity index (χ1) is 10.5. The zero-order chi connectivity index (χ0) is 17.4. The van der Waals surface area contributed by atoms with E-state index in [0.717, 1.165) is 29.9 Å². The van der Waals surface area contributed by atoms with Gasteiger partial charge in [-0.05, 0) is 40.9 Å². The molecule has 23 heavy (non-hydrogen) atoms. The lowest BCUT2D eigenvalue weighted by atomic mass is 9.78. The second-order valence-corrected chi connectivity index (χ2v) is 8.72. The average Bonchev–Trinajstić information content (AvgIpc) is 2.80. The molecular formula is C20H31NO2.